The van der Waals surface area contributed by atoms with Crippen LogP contribution in [0.1, 0.15) is 21.5 Å². The highest BCUT2D eigenvalue weighted by Gasteiger charge is 2.11. The summed E-state index contributed by atoms with van der Waals surface area (Å²) in [7, 11) is 0. The fourth-order valence-corrected chi connectivity index (χ4v) is 2.98. The second-order valence-corrected chi connectivity index (χ2v) is 5.91. The molecule has 0 atom stereocenters. The highest BCUT2D eigenvalue weighted by molar-refractivity contribution is 9.10. The first kappa shape index (κ1) is 14.4. The molecule has 3 aromatic rings. The monoisotopic (exact) mass is 353 g/mol. The summed E-state index contributed by atoms with van der Waals surface area (Å²) in [6.45, 7) is 1.92. The first-order valence-electron chi connectivity index (χ1n) is 6.63. The van der Waals surface area contributed by atoms with Crippen molar-refractivity contribution in [2.24, 2.45) is 5.73 Å². The van der Waals surface area contributed by atoms with Crippen molar-refractivity contribution in [3.05, 3.63) is 63.8 Å². The van der Waals surface area contributed by atoms with Crippen molar-refractivity contribution < 1.29 is 4.79 Å². The number of carbonyl (C=O) groups is 1. The number of nitriles is 1. The molecule has 0 aliphatic carbocycles. The van der Waals surface area contributed by atoms with E-state index in [1.54, 1.807) is 12.1 Å². The Morgan fingerprint density at radius 3 is 2.55 bits per heavy atom. The normalized spacial score (nSPS) is 10.6. The molecule has 2 aromatic carbocycles. The Kier molecular flexibility index (Phi) is 3.47. The Balaban J connectivity index is 2.21. The lowest BCUT2D eigenvalue weighted by Crippen LogP contribution is -2.10. The van der Waals surface area contributed by atoms with Crippen LogP contribution in [-0.2, 0) is 0 Å². The minimum atomic E-state index is -0.445. The topological polar surface area (TPSA) is 71.8 Å². The van der Waals surface area contributed by atoms with Gasteiger partial charge in [-0.3, -0.25) is 4.79 Å². The number of fused-ring (bicyclic) bond motifs is 1. The Bertz CT molecular complexity index is 933. The molecule has 2 N–H and O–H groups in total. The molecule has 0 aliphatic heterocycles. The van der Waals surface area contributed by atoms with Crippen LogP contribution in [0.15, 0.2) is 47.1 Å². The molecule has 0 saturated heterocycles. The molecule has 4 nitrogen and oxygen atoms in total. The van der Waals surface area contributed by atoms with Crippen molar-refractivity contribution >= 4 is 32.7 Å². The van der Waals surface area contributed by atoms with Crippen LogP contribution in [0.25, 0.3) is 16.6 Å². The summed E-state index contributed by atoms with van der Waals surface area (Å²) in [6.07, 6.45) is 1.95. The van der Waals surface area contributed by atoms with E-state index in [9.17, 15) is 4.79 Å². The smallest absolute Gasteiger partial charge is 0.248 e. The van der Waals surface area contributed by atoms with E-state index in [0.717, 1.165) is 26.6 Å². The number of hydrogen-bond donors (Lipinski definition) is 1. The number of hydrogen-bond acceptors (Lipinski definition) is 2. The lowest BCUT2D eigenvalue weighted by molar-refractivity contribution is 0.100. The van der Waals surface area contributed by atoms with Crippen molar-refractivity contribution in [3.8, 4) is 11.8 Å². The van der Waals surface area contributed by atoms with E-state index < -0.39 is 5.91 Å². The van der Waals surface area contributed by atoms with Crippen LogP contribution < -0.4 is 5.73 Å². The van der Waals surface area contributed by atoms with Crippen molar-refractivity contribution in [3.63, 3.8) is 0 Å². The predicted octanol–water partition coefficient (Wildman–Crippen LogP) is 3.67. The Morgan fingerprint density at radius 2 is 1.95 bits per heavy atom. The molecule has 3 rings (SSSR count). The van der Waals surface area contributed by atoms with Crippen LogP contribution >= 0.6 is 15.9 Å². The lowest BCUT2D eigenvalue weighted by Gasteiger charge is -2.07. The van der Waals surface area contributed by atoms with Gasteiger partial charge in [-0.1, -0.05) is 0 Å². The quantitative estimate of drug-likeness (QED) is 0.763. The third kappa shape index (κ3) is 2.28. The first-order valence-corrected chi connectivity index (χ1v) is 7.42. The minimum Gasteiger partial charge on any atom is -0.366 e. The van der Waals surface area contributed by atoms with Gasteiger partial charge in [-0.25, -0.2) is 0 Å². The van der Waals surface area contributed by atoms with Crippen molar-refractivity contribution in [1.29, 1.82) is 5.26 Å². The van der Waals surface area contributed by atoms with Crippen LogP contribution in [0, 0.1) is 18.3 Å². The third-order valence-corrected chi connectivity index (χ3v) is 4.28. The van der Waals surface area contributed by atoms with Crippen molar-refractivity contribution in [2.75, 3.05) is 0 Å². The molecule has 0 saturated carbocycles. The second kappa shape index (κ2) is 5.32. The zero-order valence-electron chi connectivity index (χ0n) is 11.8. The lowest BCUT2D eigenvalue weighted by atomic mass is 10.1. The molecule has 1 heterocycles. The van der Waals surface area contributed by atoms with Gasteiger partial charge in [-0.15, -0.1) is 0 Å². The van der Waals surface area contributed by atoms with Gasteiger partial charge in [0.2, 0.25) is 5.91 Å². The van der Waals surface area contributed by atoms with Crippen LogP contribution in [0.2, 0.25) is 0 Å². The van der Waals surface area contributed by atoms with Crippen LogP contribution in [0.5, 0.6) is 0 Å². The molecular weight excluding hydrogens is 342 g/mol. The highest BCUT2D eigenvalue weighted by atomic mass is 79.9. The first-order chi connectivity index (χ1) is 10.5. The van der Waals surface area contributed by atoms with Gasteiger partial charge < -0.3 is 10.3 Å². The molecule has 1 amide bonds. The molecule has 0 radical (unpaired) electrons. The summed E-state index contributed by atoms with van der Waals surface area (Å²) in [5.74, 6) is -0.445. The molecule has 0 fully saturated rings. The maximum atomic E-state index is 11.2. The molecule has 1 aromatic heterocycles. The van der Waals surface area contributed by atoms with Gasteiger partial charge in [0.15, 0.2) is 0 Å². The van der Waals surface area contributed by atoms with E-state index in [-0.39, 0.29) is 0 Å². The molecule has 0 spiro atoms. The van der Waals surface area contributed by atoms with Crippen LogP contribution in [0.4, 0.5) is 0 Å². The molecule has 22 heavy (non-hydrogen) atoms. The summed E-state index contributed by atoms with van der Waals surface area (Å²) >= 11 is 3.54. The number of rotatable bonds is 2. The summed E-state index contributed by atoms with van der Waals surface area (Å²) in [6, 6.07) is 13.2. The van der Waals surface area contributed by atoms with Gasteiger partial charge in [0.25, 0.3) is 0 Å². The van der Waals surface area contributed by atoms with Crippen molar-refractivity contribution in [2.45, 2.75) is 6.92 Å². The van der Waals surface area contributed by atoms with Crippen LogP contribution in [-0.4, -0.2) is 10.5 Å². The summed E-state index contributed by atoms with van der Waals surface area (Å²) in [5.41, 5.74) is 9.24. The van der Waals surface area contributed by atoms with E-state index in [0.29, 0.717) is 11.1 Å². The van der Waals surface area contributed by atoms with Crippen molar-refractivity contribution in [1.82, 2.24) is 4.57 Å². The number of halogens is 1. The largest absolute Gasteiger partial charge is 0.366 e. The standard InChI is InChI=1S/C17H12BrN3O/c1-10-6-16-14(7-12(10)8-19)15(18)9-21(16)13-4-2-11(3-5-13)17(20)22/h2-7,9H,1H3,(H2,20,22). The summed E-state index contributed by atoms with van der Waals surface area (Å²) < 4.78 is 2.93. The third-order valence-electron chi connectivity index (χ3n) is 3.65. The minimum absolute atomic E-state index is 0.445. The number of aromatic nitrogens is 1. The number of carbonyl (C=O) groups excluding carboxylic acids is 1. The van der Waals surface area contributed by atoms with E-state index in [1.165, 1.54) is 0 Å². The van der Waals surface area contributed by atoms with Gasteiger partial charge in [-0.2, -0.15) is 5.26 Å². The number of benzene rings is 2. The van der Waals surface area contributed by atoms with Gasteiger partial charge in [0.1, 0.15) is 0 Å². The number of nitrogens with zero attached hydrogens (tertiary/aromatic N) is 2. The predicted molar refractivity (Wildman–Crippen MR) is 88.9 cm³/mol. The second-order valence-electron chi connectivity index (χ2n) is 5.05. The van der Waals surface area contributed by atoms with E-state index in [4.69, 9.17) is 11.0 Å². The zero-order chi connectivity index (χ0) is 15.9. The Morgan fingerprint density at radius 1 is 1.27 bits per heavy atom. The number of primary amides is 1. The van der Waals surface area contributed by atoms with Gasteiger partial charge >= 0.3 is 0 Å². The average Bonchev–Trinajstić information content (AvgIpc) is 2.82. The number of nitrogens with two attached hydrogens (primary N) is 1. The van der Waals surface area contributed by atoms with E-state index >= 15 is 0 Å². The van der Waals surface area contributed by atoms with E-state index in [2.05, 4.69) is 22.0 Å². The summed E-state index contributed by atoms with van der Waals surface area (Å²) in [4.78, 5) is 11.2. The zero-order valence-corrected chi connectivity index (χ0v) is 13.4. The molecule has 5 heteroatoms. The van der Waals surface area contributed by atoms with Gasteiger partial charge in [-0.05, 0) is 64.8 Å². The summed E-state index contributed by atoms with van der Waals surface area (Å²) in [5, 5.41) is 10.1. The SMILES string of the molecule is Cc1cc2c(cc1C#N)c(Br)cn2-c1ccc(C(N)=O)cc1. The molecular formula is C17H12BrN3O. The maximum absolute atomic E-state index is 11.2. The fourth-order valence-electron chi connectivity index (χ4n) is 2.46. The molecule has 0 unspecified atom stereocenters. The molecule has 108 valence electrons. The number of aryl methyl sites for hydroxylation is 1. The molecule has 0 bridgehead atoms. The maximum Gasteiger partial charge on any atom is 0.248 e. The van der Waals surface area contributed by atoms with Gasteiger partial charge in [0.05, 0.1) is 17.1 Å². The Hall–Kier alpha value is -2.58. The average molecular weight is 354 g/mol. The van der Waals surface area contributed by atoms with Crippen LogP contribution in [0.3, 0.4) is 0 Å². The highest BCUT2D eigenvalue weighted by Crippen LogP contribution is 2.31. The van der Waals surface area contributed by atoms with Gasteiger partial charge in [0, 0.05) is 27.3 Å². The van der Waals surface area contributed by atoms with E-state index in [1.807, 2.05) is 42.0 Å². The Labute approximate surface area is 135 Å². The number of amides is 1. The fraction of sp³-hybridized carbons (Fsp3) is 0.0588. The molecule has 0 aliphatic rings.